The Labute approximate surface area is 233 Å². The van der Waals surface area contributed by atoms with Crippen molar-refractivity contribution in [3.05, 3.63) is 62.9 Å². The molecular weight excluding hydrogens is 554 g/mol. The molecule has 2 aromatic rings. The number of likely N-dealkylation sites (tertiary alicyclic amines) is 1. The monoisotopic (exact) mass is 586 g/mol. The van der Waals surface area contributed by atoms with E-state index in [0.29, 0.717) is 15.8 Å². The fraction of sp³-hybridized carbons (Fsp3) is 0.519. The zero-order valence-electron chi connectivity index (χ0n) is 21.6. The highest BCUT2D eigenvalue weighted by molar-refractivity contribution is 7.89. The number of Topliss-reactive ketones (excluding diaryl/α,β-unsaturated/α-hetero) is 1. The lowest BCUT2D eigenvalue weighted by molar-refractivity contribution is -0.0841. The van der Waals surface area contributed by atoms with Gasteiger partial charge in [-0.05, 0) is 73.9 Å². The second-order valence-electron chi connectivity index (χ2n) is 10.0. The number of hydrogen-bond acceptors (Lipinski definition) is 6. The first-order chi connectivity index (χ1) is 18.0. The molecule has 11 heteroatoms. The Balaban J connectivity index is 1.41. The highest BCUT2D eigenvalue weighted by Gasteiger charge is 2.37. The first kappa shape index (κ1) is 29.2. The van der Waals surface area contributed by atoms with Crippen LogP contribution in [-0.4, -0.2) is 63.8 Å². The summed E-state index contributed by atoms with van der Waals surface area (Å²) in [6.45, 7) is 3.53. The van der Waals surface area contributed by atoms with Crippen LogP contribution >= 0.6 is 23.2 Å². The molecule has 0 unspecified atom stereocenters. The van der Waals surface area contributed by atoms with Gasteiger partial charge in [-0.2, -0.15) is 0 Å². The Hall–Kier alpha value is -1.75. The first-order valence-electron chi connectivity index (χ1n) is 12.7. The number of carbonyl (C=O) groups is 1. The molecule has 1 aliphatic carbocycles. The highest BCUT2D eigenvalue weighted by atomic mass is 35.5. The third-order valence-corrected chi connectivity index (χ3v) is 9.05. The summed E-state index contributed by atoms with van der Waals surface area (Å²) in [7, 11) is -1.90. The van der Waals surface area contributed by atoms with Crippen LogP contribution < -0.4 is 9.46 Å². The molecule has 1 aliphatic heterocycles. The van der Waals surface area contributed by atoms with Crippen molar-refractivity contribution < 1.29 is 27.1 Å². The van der Waals surface area contributed by atoms with Crippen LogP contribution in [0.25, 0.3) is 0 Å². The van der Waals surface area contributed by atoms with E-state index in [-0.39, 0.29) is 23.8 Å². The van der Waals surface area contributed by atoms with Gasteiger partial charge in [0.15, 0.2) is 5.78 Å². The average molecular weight is 588 g/mol. The van der Waals surface area contributed by atoms with E-state index >= 15 is 0 Å². The number of sulfonamides is 1. The topological polar surface area (TPSA) is 84.9 Å². The van der Waals surface area contributed by atoms with Crippen molar-refractivity contribution in [2.75, 3.05) is 39.1 Å². The van der Waals surface area contributed by atoms with Gasteiger partial charge in [0.2, 0.25) is 10.0 Å². The van der Waals surface area contributed by atoms with Crippen molar-refractivity contribution >= 4 is 39.0 Å². The van der Waals surface area contributed by atoms with Gasteiger partial charge in [-0.1, -0.05) is 23.2 Å². The van der Waals surface area contributed by atoms with Crippen LogP contribution in [0.3, 0.4) is 0 Å². The number of carbonyl (C=O) groups excluding carboxylic acids is 1. The molecule has 1 saturated carbocycles. The van der Waals surface area contributed by atoms with Crippen molar-refractivity contribution in [3.8, 4) is 5.75 Å². The molecule has 38 heavy (non-hydrogen) atoms. The van der Waals surface area contributed by atoms with Gasteiger partial charge in [0.05, 0.1) is 17.9 Å². The molecule has 7 nitrogen and oxygen atoms in total. The number of hydrogen-bond donors (Lipinski definition) is 1. The number of methoxy groups -OCH3 is 1. The summed E-state index contributed by atoms with van der Waals surface area (Å²) in [6, 6.07) is 8.30. The highest BCUT2D eigenvalue weighted by Crippen LogP contribution is 2.45. The number of ketones is 1. The van der Waals surface area contributed by atoms with Crippen LogP contribution in [0.5, 0.6) is 5.75 Å². The molecule has 208 valence electrons. The fourth-order valence-electron chi connectivity index (χ4n) is 4.69. The quantitative estimate of drug-likeness (QED) is 0.344. The molecule has 0 spiro atoms. The van der Waals surface area contributed by atoms with Crippen molar-refractivity contribution in [1.82, 2.24) is 9.62 Å². The van der Waals surface area contributed by atoms with Gasteiger partial charge in [-0.15, -0.1) is 0 Å². The van der Waals surface area contributed by atoms with Crippen molar-refractivity contribution in [1.29, 1.82) is 0 Å². The lowest BCUT2D eigenvalue weighted by Crippen LogP contribution is -2.48. The molecule has 0 aromatic heterocycles. The Bertz CT molecular complexity index is 1260. The maximum atomic E-state index is 15.0. The Morgan fingerprint density at radius 1 is 1.13 bits per heavy atom. The zero-order valence-corrected chi connectivity index (χ0v) is 23.9. The molecule has 0 atom stereocenters. The summed E-state index contributed by atoms with van der Waals surface area (Å²) >= 11 is 12.3. The van der Waals surface area contributed by atoms with E-state index in [0.717, 1.165) is 56.4 Å². The molecular formula is C27H33Cl2FN2O5S. The van der Waals surface area contributed by atoms with Gasteiger partial charge >= 0.3 is 0 Å². The van der Waals surface area contributed by atoms with Crippen molar-refractivity contribution in [2.45, 2.75) is 50.7 Å². The van der Waals surface area contributed by atoms with Crippen molar-refractivity contribution in [3.63, 3.8) is 0 Å². The minimum Gasteiger partial charge on any atom is -0.490 e. The Morgan fingerprint density at radius 2 is 1.79 bits per heavy atom. The maximum Gasteiger partial charge on any atom is 0.211 e. The van der Waals surface area contributed by atoms with Crippen LogP contribution in [0.15, 0.2) is 30.3 Å². The molecule has 1 heterocycles. The van der Waals surface area contributed by atoms with E-state index in [4.69, 9.17) is 32.7 Å². The van der Waals surface area contributed by atoms with E-state index in [2.05, 4.69) is 9.62 Å². The summed E-state index contributed by atoms with van der Waals surface area (Å²) in [5.41, 5.74) is 1.17. The molecule has 1 N–H and O–H groups in total. The number of rotatable bonds is 12. The summed E-state index contributed by atoms with van der Waals surface area (Å²) in [4.78, 5) is 14.9. The largest absolute Gasteiger partial charge is 0.490 e. The van der Waals surface area contributed by atoms with E-state index in [1.165, 1.54) is 19.1 Å². The first-order valence-corrected chi connectivity index (χ1v) is 15.1. The Kier molecular flexibility index (Phi) is 9.38. The van der Waals surface area contributed by atoms with Gasteiger partial charge in [-0.3, -0.25) is 9.69 Å². The minimum absolute atomic E-state index is 0.131. The minimum atomic E-state index is -3.56. The second-order valence-corrected chi connectivity index (χ2v) is 13.0. The predicted octanol–water partition coefficient (Wildman–Crippen LogP) is 5.19. The number of nitrogens with one attached hydrogen (secondary N) is 1. The average Bonchev–Trinajstić information content (AvgIpc) is 3.72. The van der Waals surface area contributed by atoms with Crippen LogP contribution in [0.2, 0.25) is 10.0 Å². The van der Waals surface area contributed by atoms with E-state index in [9.17, 15) is 17.6 Å². The van der Waals surface area contributed by atoms with Crippen LogP contribution in [0.1, 0.15) is 60.0 Å². The molecule has 1 saturated heterocycles. The van der Waals surface area contributed by atoms with Crippen LogP contribution in [0, 0.1) is 5.82 Å². The summed E-state index contributed by atoms with van der Waals surface area (Å²) in [5, 5.41) is 1.22. The SMILES string of the molecule is CCS(=O)(=O)NCC(=O)c1cc(C2CC2)c(OCC2(OC)CCN(Cc3cc(Cl)cc(Cl)c3)CC2)cc1F. The van der Waals surface area contributed by atoms with E-state index < -0.39 is 33.8 Å². The lowest BCUT2D eigenvalue weighted by Gasteiger charge is -2.40. The van der Waals surface area contributed by atoms with Crippen molar-refractivity contribution in [2.24, 2.45) is 0 Å². The van der Waals surface area contributed by atoms with Crippen LogP contribution in [-0.2, 0) is 21.3 Å². The molecule has 2 aromatic carbocycles. The zero-order chi connectivity index (χ0) is 27.5. The summed E-state index contributed by atoms with van der Waals surface area (Å²) in [5.74, 6) is -0.907. The molecule has 4 rings (SSSR count). The number of benzene rings is 2. The molecule has 2 fully saturated rings. The van der Waals surface area contributed by atoms with Gasteiger partial charge in [0, 0.05) is 42.9 Å². The Morgan fingerprint density at radius 3 is 2.37 bits per heavy atom. The number of nitrogens with zero attached hydrogens (tertiary/aromatic N) is 1. The summed E-state index contributed by atoms with van der Waals surface area (Å²) < 4.78 is 52.7. The number of ether oxygens (including phenoxy) is 2. The van der Waals surface area contributed by atoms with Gasteiger partial charge in [0.25, 0.3) is 0 Å². The van der Waals surface area contributed by atoms with Gasteiger partial charge < -0.3 is 9.47 Å². The second kappa shape index (κ2) is 12.2. The predicted molar refractivity (Wildman–Crippen MR) is 146 cm³/mol. The molecule has 0 bridgehead atoms. The van der Waals surface area contributed by atoms with E-state index in [1.807, 2.05) is 12.1 Å². The number of piperidine rings is 1. The smallest absolute Gasteiger partial charge is 0.211 e. The van der Waals surface area contributed by atoms with E-state index in [1.54, 1.807) is 13.2 Å². The fourth-order valence-corrected chi connectivity index (χ4v) is 5.82. The maximum absolute atomic E-state index is 15.0. The van der Waals surface area contributed by atoms with Gasteiger partial charge in [-0.25, -0.2) is 17.5 Å². The van der Waals surface area contributed by atoms with Crippen LogP contribution in [0.4, 0.5) is 4.39 Å². The summed E-state index contributed by atoms with van der Waals surface area (Å²) in [6.07, 6.45) is 3.31. The molecule has 0 amide bonds. The number of halogens is 3. The lowest BCUT2D eigenvalue weighted by atomic mass is 9.91. The normalized spacial score (nSPS) is 17.9. The third-order valence-electron chi connectivity index (χ3n) is 7.27. The van der Waals surface area contributed by atoms with Gasteiger partial charge in [0.1, 0.15) is 23.8 Å². The molecule has 0 radical (unpaired) electrons. The third kappa shape index (κ3) is 7.46. The standard InChI is InChI=1S/C27H33Cl2FN2O5S/c1-3-38(34,35)31-15-25(33)23-13-22(19-4-5-19)26(14-24(23)30)37-17-27(36-2)6-8-32(9-7-27)16-18-10-20(28)12-21(29)11-18/h10-14,19,31H,3-9,15-17H2,1-2H3. The molecule has 2 aliphatic rings.